The monoisotopic (exact) mass is 514 g/mol. The van der Waals surface area contributed by atoms with Crippen LogP contribution in [0.5, 0.6) is 11.5 Å². The number of benzene rings is 3. The molecule has 0 saturated heterocycles. The van der Waals surface area contributed by atoms with Gasteiger partial charge in [0.05, 0.1) is 5.56 Å². The van der Waals surface area contributed by atoms with E-state index >= 15 is 0 Å². The molecule has 1 heterocycles. The van der Waals surface area contributed by atoms with E-state index in [0.717, 1.165) is 28.0 Å². The van der Waals surface area contributed by atoms with E-state index in [-0.39, 0.29) is 17.5 Å². The zero-order valence-electron chi connectivity index (χ0n) is 23.2. The molecule has 0 atom stereocenters. The summed E-state index contributed by atoms with van der Waals surface area (Å²) in [7, 11) is 0. The van der Waals surface area contributed by atoms with E-state index in [1.54, 1.807) is 0 Å². The highest BCUT2D eigenvalue weighted by Gasteiger charge is 2.24. The van der Waals surface area contributed by atoms with Gasteiger partial charge < -0.3 is 19.3 Å². The zero-order valence-corrected chi connectivity index (χ0v) is 23.2. The number of aromatic nitrogens is 1. The number of rotatable bonds is 10. The maximum absolute atomic E-state index is 12.5. The molecule has 0 fully saturated rings. The van der Waals surface area contributed by atoms with Crippen molar-refractivity contribution in [3.05, 3.63) is 101 Å². The van der Waals surface area contributed by atoms with Gasteiger partial charge in [0.1, 0.15) is 24.7 Å². The molecule has 6 heteroatoms. The first-order chi connectivity index (χ1) is 18.5. The fraction of sp³-hybridized carbons (Fsp3) is 0.312. The van der Waals surface area contributed by atoms with Gasteiger partial charge in [0.2, 0.25) is 0 Å². The van der Waals surface area contributed by atoms with E-state index < -0.39 is 0 Å². The van der Waals surface area contributed by atoms with Gasteiger partial charge in [-0.2, -0.15) is 0 Å². The molecule has 0 saturated carbocycles. The summed E-state index contributed by atoms with van der Waals surface area (Å²) in [5.74, 6) is 1.79. The lowest BCUT2D eigenvalue weighted by atomic mass is 9.96. The molecular weight excluding hydrogens is 476 g/mol. The van der Waals surface area contributed by atoms with Gasteiger partial charge in [-0.25, -0.2) is 0 Å². The predicted molar refractivity (Wildman–Crippen MR) is 152 cm³/mol. The molecule has 0 unspecified atom stereocenters. The molecule has 200 valence electrons. The lowest BCUT2D eigenvalue weighted by Crippen LogP contribution is -2.23. The first kappa shape index (κ1) is 28.5. The maximum Gasteiger partial charge on any atom is 0.273 e. The number of carbonyl (C=O) groups excluding carboxylic acids is 1. The van der Waals surface area contributed by atoms with Crippen LogP contribution in [0.25, 0.3) is 11.3 Å². The van der Waals surface area contributed by atoms with Gasteiger partial charge in [0, 0.05) is 18.2 Å². The molecule has 1 aromatic heterocycles. The van der Waals surface area contributed by atoms with Gasteiger partial charge in [0.25, 0.3) is 5.91 Å². The Labute approximate surface area is 226 Å². The highest BCUT2D eigenvalue weighted by Crippen LogP contribution is 2.41. The van der Waals surface area contributed by atoms with Crippen molar-refractivity contribution in [1.82, 2.24) is 10.5 Å². The molecule has 0 spiro atoms. The molecule has 0 aliphatic carbocycles. The van der Waals surface area contributed by atoms with Gasteiger partial charge in [-0.15, -0.1) is 0 Å². The van der Waals surface area contributed by atoms with Crippen LogP contribution < -0.4 is 14.8 Å². The molecule has 0 bridgehead atoms. The van der Waals surface area contributed by atoms with Gasteiger partial charge in [-0.3, -0.25) is 4.79 Å². The maximum atomic E-state index is 12.5. The van der Waals surface area contributed by atoms with E-state index in [1.807, 2.05) is 100 Å². The van der Waals surface area contributed by atoms with E-state index in [9.17, 15) is 4.79 Å². The zero-order chi connectivity index (χ0) is 27.5. The third-order valence-electron chi connectivity index (χ3n) is 5.93. The molecule has 6 nitrogen and oxygen atoms in total. The Morgan fingerprint density at radius 1 is 0.895 bits per heavy atom. The number of hydrogen-bond acceptors (Lipinski definition) is 5. The Balaban J connectivity index is 0.00000195. The lowest BCUT2D eigenvalue weighted by Gasteiger charge is -2.19. The second kappa shape index (κ2) is 14.0. The first-order valence-corrected chi connectivity index (χ1v) is 13.2. The number of carbonyl (C=O) groups is 1. The van der Waals surface area contributed by atoms with Crippen LogP contribution in [0.4, 0.5) is 0 Å². The average Bonchev–Trinajstić information content (AvgIpc) is 3.33. The van der Waals surface area contributed by atoms with Gasteiger partial charge >= 0.3 is 0 Å². The van der Waals surface area contributed by atoms with Crippen molar-refractivity contribution < 1.29 is 18.8 Å². The van der Waals surface area contributed by atoms with Crippen LogP contribution >= 0.6 is 0 Å². The van der Waals surface area contributed by atoms with Crippen molar-refractivity contribution in [1.29, 1.82) is 0 Å². The van der Waals surface area contributed by atoms with Crippen LogP contribution in [0.2, 0.25) is 0 Å². The second-order valence-electron chi connectivity index (χ2n) is 8.93. The van der Waals surface area contributed by atoms with Crippen molar-refractivity contribution in [2.24, 2.45) is 0 Å². The molecule has 4 rings (SSSR count). The molecule has 0 aliphatic heterocycles. The van der Waals surface area contributed by atoms with E-state index in [4.69, 9.17) is 14.0 Å². The standard InChI is InChI=1S/C30H32N2O4.C2H6/c1-5-31-30(33)28-21(4)29(36-32-28)25-16-24(20(2)3)26(34-18-22-12-8-6-9-13-22)17-27(25)35-19-23-14-10-7-11-15-23;1-2/h6-17,20H,5,18-19H2,1-4H3,(H,31,33);1-2H3. The van der Waals surface area contributed by atoms with Crippen molar-refractivity contribution >= 4 is 5.91 Å². The largest absolute Gasteiger partial charge is 0.488 e. The van der Waals surface area contributed by atoms with Crippen LogP contribution in [0.3, 0.4) is 0 Å². The molecule has 3 aromatic carbocycles. The highest BCUT2D eigenvalue weighted by atomic mass is 16.5. The Kier molecular flexibility index (Phi) is 10.5. The fourth-order valence-corrected chi connectivity index (χ4v) is 3.96. The van der Waals surface area contributed by atoms with Gasteiger partial charge in [-0.1, -0.05) is 93.5 Å². The Morgan fingerprint density at radius 2 is 1.45 bits per heavy atom. The minimum absolute atomic E-state index is 0.184. The number of nitrogens with one attached hydrogen (secondary N) is 1. The van der Waals surface area contributed by atoms with Crippen molar-refractivity contribution in [2.75, 3.05) is 6.54 Å². The summed E-state index contributed by atoms with van der Waals surface area (Å²) in [6, 6.07) is 24.0. The third-order valence-corrected chi connectivity index (χ3v) is 5.93. The summed E-state index contributed by atoms with van der Waals surface area (Å²) < 4.78 is 18.3. The van der Waals surface area contributed by atoms with E-state index in [1.165, 1.54) is 0 Å². The van der Waals surface area contributed by atoms with Crippen LogP contribution in [0.1, 0.15) is 73.3 Å². The lowest BCUT2D eigenvalue weighted by molar-refractivity contribution is 0.0946. The predicted octanol–water partition coefficient (Wildman–Crippen LogP) is 7.71. The average molecular weight is 515 g/mol. The van der Waals surface area contributed by atoms with Crippen LogP contribution in [0.15, 0.2) is 77.3 Å². The fourth-order valence-electron chi connectivity index (χ4n) is 3.96. The van der Waals surface area contributed by atoms with Gasteiger partial charge in [0.15, 0.2) is 11.5 Å². The van der Waals surface area contributed by atoms with Crippen LogP contribution in [-0.2, 0) is 13.2 Å². The van der Waals surface area contributed by atoms with E-state index in [2.05, 4.69) is 24.3 Å². The second-order valence-corrected chi connectivity index (χ2v) is 8.93. The van der Waals surface area contributed by atoms with Crippen molar-refractivity contribution in [2.45, 2.75) is 60.7 Å². The molecule has 1 N–H and O–H groups in total. The Hall–Kier alpha value is -4.06. The smallest absolute Gasteiger partial charge is 0.273 e. The molecule has 0 radical (unpaired) electrons. The molecular formula is C32H38N2O4. The minimum atomic E-state index is -0.261. The summed E-state index contributed by atoms with van der Waals surface area (Å²) in [4.78, 5) is 12.5. The topological polar surface area (TPSA) is 73.6 Å². The Bertz CT molecular complexity index is 1300. The highest BCUT2D eigenvalue weighted by molar-refractivity contribution is 5.95. The molecule has 4 aromatic rings. The summed E-state index contributed by atoms with van der Waals surface area (Å²) in [6.07, 6.45) is 0. The van der Waals surface area contributed by atoms with E-state index in [0.29, 0.717) is 36.8 Å². The minimum Gasteiger partial charge on any atom is -0.488 e. The number of hydrogen-bond donors (Lipinski definition) is 1. The summed E-state index contributed by atoms with van der Waals surface area (Å²) in [5, 5.41) is 6.86. The normalized spacial score (nSPS) is 10.5. The van der Waals surface area contributed by atoms with Gasteiger partial charge in [-0.05, 0) is 42.5 Å². The third kappa shape index (κ3) is 7.03. The number of amides is 1. The summed E-state index contributed by atoms with van der Waals surface area (Å²) in [5.41, 5.74) is 4.82. The number of ether oxygens (including phenoxy) is 2. The Morgan fingerprint density at radius 3 is 1.97 bits per heavy atom. The number of nitrogens with zero attached hydrogens (tertiary/aromatic N) is 1. The van der Waals surface area contributed by atoms with Crippen LogP contribution in [-0.4, -0.2) is 17.6 Å². The quantitative estimate of drug-likeness (QED) is 0.235. The first-order valence-electron chi connectivity index (χ1n) is 13.2. The summed E-state index contributed by atoms with van der Waals surface area (Å²) >= 11 is 0. The van der Waals surface area contributed by atoms with Crippen molar-refractivity contribution in [3.63, 3.8) is 0 Å². The summed E-state index contributed by atoms with van der Waals surface area (Å²) in [6.45, 7) is 13.3. The van der Waals surface area contributed by atoms with Crippen molar-refractivity contribution in [3.8, 4) is 22.8 Å². The molecule has 38 heavy (non-hydrogen) atoms. The SMILES string of the molecule is CC.CCNC(=O)c1noc(-c2cc(C(C)C)c(OCc3ccccc3)cc2OCc2ccccc2)c1C. The molecule has 1 amide bonds. The molecule has 0 aliphatic rings. The van der Waals surface area contributed by atoms with Crippen LogP contribution in [0, 0.1) is 6.92 Å².